The number of rotatable bonds is 3. The third-order valence-corrected chi connectivity index (χ3v) is 3.94. The van der Waals surface area contributed by atoms with Gasteiger partial charge in [0.1, 0.15) is 5.82 Å². The van der Waals surface area contributed by atoms with Gasteiger partial charge in [-0.05, 0) is 53.5 Å². The quantitative estimate of drug-likeness (QED) is 0.847. The molecule has 0 aliphatic carbocycles. The number of aryl methyl sites for hydroxylation is 1. The summed E-state index contributed by atoms with van der Waals surface area (Å²) in [6.07, 6.45) is 4.27. The Bertz CT molecular complexity index is 649. The van der Waals surface area contributed by atoms with Crippen LogP contribution < -0.4 is 5.56 Å². The van der Waals surface area contributed by atoms with Gasteiger partial charge in [0.2, 0.25) is 0 Å². The van der Waals surface area contributed by atoms with Gasteiger partial charge in [-0.15, -0.1) is 0 Å². The summed E-state index contributed by atoms with van der Waals surface area (Å²) in [7, 11) is 0. The van der Waals surface area contributed by atoms with Gasteiger partial charge in [0, 0.05) is 18.0 Å². The second-order valence-electron chi connectivity index (χ2n) is 4.96. The Balaban J connectivity index is 2.57. The highest BCUT2D eigenvalue weighted by molar-refractivity contribution is 14.1. The summed E-state index contributed by atoms with van der Waals surface area (Å²) in [6, 6.07) is 1.91. The SMILES string of the molecule is Cc1ccncc1-c1nc(CC(C)C)c(I)c(=O)[nH]1. The molecule has 2 aromatic rings. The van der Waals surface area contributed by atoms with Gasteiger partial charge in [0.25, 0.3) is 5.56 Å². The van der Waals surface area contributed by atoms with Crippen LogP contribution in [0.2, 0.25) is 0 Å². The lowest BCUT2D eigenvalue weighted by Gasteiger charge is -2.10. The van der Waals surface area contributed by atoms with E-state index in [2.05, 4.69) is 51.4 Å². The Kier molecular flexibility index (Phi) is 4.34. The predicted molar refractivity (Wildman–Crippen MR) is 84.1 cm³/mol. The molecule has 100 valence electrons. The van der Waals surface area contributed by atoms with E-state index in [-0.39, 0.29) is 5.56 Å². The topological polar surface area (TPSA) is 58.6 Å². The van der Waals surface area contributed by atoms with Crippen LogP contribution in [0.15, 0.2) is 23.3 Å². The number of hydrogen-bond donors (Lipinski definition) is 1. The fourth-order valence-electron chi connectivity index (χ4n) is 1.87. The summed E-state index contributed by atoms with van der Waals surface area (Å²) in [6.45, 7) is 6.22. The summed E-state index contributed by atoms with van der Waals surface area (Å²) >= 11 is 2.06. The van der Waals surface area contributed by atoms with E-state index in [1.807, 2.05) is 13.0 Å². The Labute approximate surface area is 125 Å². The number of halogens is 1. The van der Waals surface area contributed by atoms with Gasteiger partial charge < -0.3 is 4.98 Å². The van der Waals surface area contributed by atoms with Crippen molar-refractivity contribution in [1.29, 1.82) is 0 Å². The molecule has 0 atom stereocenters. The molecule has 0 aliphatic rings. The van der Waals surface area contributed by atoms with Gasteiger partial charge in [-0.3, -0.25) is 9.78 Å². The normalized spacial score (nSPS) is 11.0. The third kappa shape index (κ3) is 3.20. The van der Waals surface area contributed by atoms with Gasteiger partial charge in [0.05, 0.1) is 9.26 Å². The fraction of sp³-hybridized carbons (Fsp3) is 0.357. The van der Waals surface area contributed by atoms with Crippen molar-refractivity contribution in [2.45, 2.75) is 27.2 Å². The molecule has 0 unspecified atom stereocenters. The minimum atomic E-state index is -0.0792. The van der Waals surface area contributed by atoms with E-state index in [4.69, 9.17) is 0 Å². The molecule has 0 saturated heterocycles. The molecule has 0 amide bonds. The number of aromatic amines is 1. The predicted octanol–water partition coefficient (Wildman–Crippen LogP) is 2.94. The van der Waals surface area contributed by atoms with Crippen molar-refractivity contribution < 1.29 is 0 Å². The van der Waals surface area contributed by atoms with E-state index >= 15 is 0 Å². The molecule has 0 bridgehead atoms. The van der Waals surface area contributed by atoms with Crippen molar-refractivity contribution in [1.82, 2.24) is 15.0 Å². The molecule has 5 heteroatoms. The average Bonchev–Trinajstić information content (AvgIpc) is 2.35. The van der Waals surface area contributed by atoms with Crippen molar-refractivity contribution in [3.8, 4) is 11.4 Å². The van der Waals surface area contributed by atoms with Crippen LogP contribution >= 0.6 is 22.6 Å². The van der Waals surface area contributed by atoms with Gasteiger partial charge in [-0.1, -0.05) is 13.8 Å². The molecular formula is C14H16IN3O. The smallest absolute Gasteiger partial charge is 0.264 e. The van der Waals surface area contributed by atoms with Crippen LogP contribution in [0.4, 0.5) is 0 Å². The highest BCUT2D eigenvalue weighted by Gasteiger charge is 2.12. The zero-order valence-corrected chi connectivity index (χ0v) is 13.4. The number of hydrogen-bond acceptors (Lipinski definition) is 3. The lowest BCUT2D eigenvalue weighted by atomic mass is 10.1. The highest BCUT2D eigenvalue weighted by Crippen LogP contribution is 2.19. The van der Waals surface area contributed by atoms with E-state index in [0.29, 0.717) is 15.3 Å². The number of pyridine rings is 1. The number of nitrogens with zero attached hydrogens (tertiary/aromatic N) is 2. The maximum absolute atomic E-state index is 12.0. The first-order valence-electron chi connectivity index (χ1n) is 6.18. The molecule has 0 spiro atoms. The van der Waals surface area contributed by atoms with Gasteiger partial charge >= 0.3 is 0 Å². The molecule has 0 saturated carbocycles. The zero-order chi connectivity index (χ0) is 14.0. The van der Waals surface area contributed by atoms with Crippen molar-refractivity contribution in [2.24, 2.45) is 5.92 Å². The Morgan fingerprint density at radius 2 is 2.16 bits per heavy atom. The molecule has 0 fully saturated rings. The summed E-state index contributed by atoms with van der Waals surface area (Å²) in [5, 5.41) is 0. The van der Waals surface area contributed by atoms with Crippen molar-refractivity contribution in [2.75, 3.05) is 0 Å². The molecule has 0 aliphatic heterocycles. The largest absolute Gasteiger partial charge is 0.306 e. The van der Waals surface area contributed by atoms with Crippen LogP contribution in [0.3, 0.4) is 0 Å². The number of aromatic nitrogens is 3. The summed E-state index contributed by atoms with van der Waals surface area (Å²) in [4.78, 5) is 23.5. The van der Waals surface area contributed by atoms with E-state index in [9.17, 15) is 4.79 Å². The van der Waals surface area contributed by atoms with E-state index < -0.39 is 0 Å². The fourth-order valence-corrected chi connectivity index (χ4v) is 2.34. The van der Waals surface area contributed by atoms with Crippen LogP contribution in [0.25, 0.3) is 11.4 Å². The van der Waals surface area contributed by atoms with Crippen LogP contribution in [-0.2, 0) is 6.42 Å². The maximum Gasteiger partial charge on any atom is 0.264 e. The van der Waals surface area contributed by atoms with Gasteiger partial charge in [-0.25, -0.2) is 4.98 Å². The molecule has 1 N–H and O–H groups in total. The molecular weight excluding hydrogens is 353 g/mol. The monoisotopic (exact) mass is 369 g/mol. The van der Waals surface area contributed by atoms with Crippen LogP contribution in [-0.4, -0.2) is 15.0 Å². The summed E-state index contributed by atoms with van der Waals surface area (Å²) in [5.41, 5.74) is 2.71. The Hall–Kier alpha value is -1.24. The van der Waals surface area contributed by atoms with Crippen molar-refractivity contribution >= 4 is 22.6 Å². The maximum atomic E-state index is 12.0. The minimum absolute atomic E-state index is 0.0792. The lowest BCUT2D eigenvalue weighted by Crippen LogP contribution is -2.17. The van der Waals surface area contributed by atoms with Crippen molar-refractivity contribution in [3.63, 3.8) is 0 Å². The second kappa shape index (κ2) is 5.81. The van der Waals surface area contributed by atoms with Gasteiger partial charge in [0.15, 0.2) is 0 Å². The standard InChI is InChI=1S/C14H16IN3O/c1-8(2)6-11-12(15)14(19)18-13(17-11)10-7-16-5-4-9(10)3/h4-5,7-8H,6H2,1-3H3,(H,17,18,19). The summed E-state index contributed by atoms with van der Waals surface area (Å²) in [5.74, 6) is 1.07. The molecule has 19 heavy (non-hydrogen) atoms. The van der Waals surface area contributed by atoms with E-state index in [0.717, 1.165) is 23.2 Å². The Morgan fingerprint density at radius 1 is 1.42 bits per heavy atom. The number of H-pyrrole nitrogens is 1. The van der Waals surface area contributed by atoms with E-state index in [1.54, 1.807) is 12.4 Å². The van der Waals surface area contributed by atoms with Crippen LogP contribution in [0, 0.1) is 16.4 Å². The Morgan fingerprint density at radius 3 is 2.79 bits per heavy atom. The van der Waals surface area contributed by atoms with Crippen LogP contribution in [0.1, 0.15) is 25.1 Å². The van der Waals surface area contributed by atoms with Gasteiger partial charge in [-0.2, -0.15) is 0 Å². The first kappa shape index (κ1) is 14.2. The number of nitrogens with one attached hydrogen (secondary N) is 1. The average molecular weight is 369 g/mol. The van der Waals surface area contributed by atoms with Crippen LogP contribution in [0.5, 0.6) is 0 Å². The lowest BCUT2D eigenvalue weighted by molar-refractivity contribution is 0.631. The highest BCUT2D eigenvalue weighted by atomic mass is 127. The molecule has 2 heterocycles. The summed E-state index contributed by atoms with van der Waals surface area (Å²) < 4.78 is 0.677. The van der Waals surface area contributed by atoms with E-state index in [1.165, 1.54) is 0 Å². The molecule has 2 rings (SSSR count). The minimum Gasteiger partial charge on any atom is -0.306 e. The molecule has 2 aromatic heterocycles. The first-order chi connectivity index (χ1) is 8.99. The second-order valence-corrected chi connectivity index (χ2v) is 6.04. The third-order valence-electron chi connectivity index (χ3n) is 2.83. The first-order valence-corrected chi connectivity index (χ1v) is 7.26. The zero-order valence-electron chi connectivity index (χ0n) is 11.2. The molecule has 0 aromatic carbocycles. The van der Waals surface area contributed by atoms with Crippen molar-refractivity contribution in [3.05, 3.63) is 43.6 Å². The molecule has 0 radical (unpaired) electrons. The molecule has 4 nitrogen and oxygen atoms in total.